The van der Waals surface area contributed by atoms with Gasteiger partial charge in [0.15, 0.2) is 0 Å². The van der Waals surface area contributed by atoms with Crippen molar-refractivity contribution in [2.24, 2.45) is 11.7 Å². The lowest BCUT2D eigenvalue weighted by Crippen LogP contribution is -2.53. The summed E-state index contributed by atoms with van der Waals surface area (Å²) in [4.78, 5) is 0. The molecule has 0 aromatic rings. The van der Waals surface area contributed by atoms with Crippen molar-refractivity contribution in [3.05, 3.63) is 11.5 Å². The summed E-state index contributed by atoms with van der Waals surface area (Å²) in [6, 6.07) is 0. The second-order valence-corrected chi connectivity index (χ2v) is 4.50. The number of nitrogens with one attached hydrogen (secondary N) is 1. The molecule has 3 N–H and O–H groups in total. The lowest BCUT2D eigenvalue weighted by atomic mass is 9.81. The van der Waals surface area contributed by atoms with Gasteiger partial charge in [-0.1, -0.05) is 31.2 Å². The van der Waals surface area contributed by atoms with Crippen LogP contribution >= 0.6 is 11.9 Å². The van der Waals surface area contributed by atoms with Crippen LogP contribution in [-0.2, 0) is 0 Å². The lowest BCUT2D eigenvalue weighted by Gasteiger charge is -2.34. The highest BCUT2D eigenvalue weighted by atomic mass is 32.2. The molecule has 1 heterocycles. The molecule has 3 heteroatoms. The maximum Gasteiger partial charge on any atom is 0.0984 e. The topological polar surface area (TPSA) is 38.0 Å². The Kier molecular flexibility index (Phi) is 2.44. The van der Waals surface area contributed by atoms with Crippen LogP contribution in [0.2, 0.25) is 0 Å². The molecule has 0 bridgehead atoms. The summed E-state index contributed by atoms with van der Waals surface area (Å²) in [7, 11) is 0. The highest BCUT2D eigenvalue weighted by Gasteiger charge is 2.35. The Labute approximate surface area is 78.1 Å². The Morgan fingerprint density at radius 1 is 1.33 bits per heavy atom. The van der Waals surface area contributed by atoms with Crippen LogP contribution in [-0.4, -0.2) is 5.66 Å². The molecule has 2 nitrogen and oxygen atoms in total. The zero-order valence-electron chi connectivity index (χ0n) is 7.25. The van der Waals surface area contributed by atoms with Crippen LogP contribution in [0.3, 0.4) is 0 Å². The minimum atomic E-state index is -0.203. The molecule has 0 radical (unpaired) electrons. The largest absolute Gasteiger partial charge is 0.309 e. The summed E-state index contributed by atoms with van der Waals surface area (Å²) in [6.45, 7) is 0. The Morgan fingerprint density at radius 2 is 2.08 bits per heavy atom. The Hall–Kier alpha value is 0.01000. The van der Waals surface area contributed by atoms with Gasteiger partial charge in [0, 0.05) is 0 Å². The standard InChI is InChI=1S/C9H16N2S/c10-9(6-7-12-11-9)8-4-2-1-3-5-8/h6-8,11H,1-5,10H2. The molecule has 1 atom stereocenters. The van der Waals surface area contributed by atoms with Crippen LogP contribution in [0.1, 0.15) is 32.1 Å². The van der Waals surface area contributed by atoms with Gasteiger partial charge >= 0.3 is 0 Å². The quantitative estimate of drug-likeness (QED) is 0.612. The normalized spacial score (nSPS) is 37.4. The van der Waals surface area contributed by atoms with E-state index in [1.807, 2.05) is 0 Å². The van der Waals surface area contributed by atoms with Crippen LogP contribution in [0.25, 0.3) is 0 Å². The van der Waals surface area contributed by atoms with Crippen molar-refractivity contribution in [3.63, 3.8) is 0 Å². The van der Waals surface area contributed by atoms with E-state index in [0.29, 0.717) is 5.92 Å². The monoisotopic (exact) mass is 184 g/mol. The van der Waals surface area contributed by atoms with Crippen LogP contribution in [0.4, 0.5) is 0 Å². The minimum absolute atomic E-state index is 0.203. The zero-order valence-corrected chi connectivity index (χ0v) is 8.07. The molecule has 1 unspecified atom stereocenters. The fraction of sp³-hybridized carbons (Fsp3) is 0.778. The molecule has 2 aliphatic rings. The summed E-state index contributed by atoms with van der Waals surface area (Å²) >= 11 is 1.62. The first-order valence-corrected chi connectivity index (χ1v) is 5.59. The van der Waals surface area contributed by atoms with Crippen LogP contribution in [0.5, 0.6) is 0 Å². The third-order valence-corrected chi connectivity index (χ3v) is 3.67. The molecule has 0 aromatic carbocycles. The smallest absolute Gasteiger partial charge is 0.0984 e. The summed E-state index contributed by atoms with van der Waals surface area (Å²) < 4.78 is 3.29. The van der Waals surface area contributed by atoms with Crippen molar-refractivity contribution in [1.82, 2.24) is 4.72 Å². The molecule has 0 amide bonds. The van der Waals surface area contributed by atoms with E-state index < -0.39 is 0 Å². The average molecular weight is 184 g/mol. The summed E-state index contributed by atoms with van der Waals surface area (Å²) in [5, 5.41) is 2.06. The van der Waals surface area contributed by atoms with E-state index in [0.717, 1.165) is 0 Å². The minimum Gasteiger partial charge on any atom is -0.309 e. The maximum absolute atomic E-state index is 6.22. The Balaban J connectivity index is 2.01. The van der Waals surface area contributed by atoms with Gasteiger partial charge in [0.25, 0.3) is 0 Å². The van der Waals surface area contributed by atoms with E-state index in [1.54, 1.807) is 11.9 Å². The van der Waals surface area contributed by atoms with Crippen LogP contribution in [0.15, 0.2) is 11.5 Å². The Morgan fingerprint density at radius 3 is 2.67 bits per heavy atom. The van der Waals surface area contributed by atoms with Crippen molar-refractivity contribution >= 4 is 11.9 Å². The van der Waals surface area contributed by atoms with Crippen molar-refractivity contribution in [2.75, 3.05) is 0 Å². The molecule has 0 saturated heterocycles. The van der Waals surface area contributed by atoms with E-state index in [9.17, 15) is 0 Å². The molecule has 1 fully saturated rings. The molecule has 1 saturated carbocycles. The average Bonchev–Trinajstić information content (AvgIpc) is 2.55. The molecule has 0 spiro atoms. The summed E-state index contributed by atoms with van der Waals surface area (Å²) in [5.74, 6) is 0.650. The molecular formula is C9H16N2S. The first-order chi connectivity index (χ1) is 5.81. The molecule has 2 rings (SSSR count). The summed E-state index contributed by atoms with van der Waals surface area (Å²) in [5.41, 5.74) is 6.01. The van der Waals surface area contributed by atoms with Crippen molar-refractivity contribution in [3.8, 4) is 0 Å². The predicted octanol–water partition coefficient (Wildman–Crippen LogP) is 1.99. The van der Waals surface area contributed by atoms with Gasteiger partial charge in [-0.05, 0) is 30.2 Å². The third kappa shape index (κ3) is 1.53. The number of rotatable bonds is 1. The van der Waals surface area contributed by atoms with Gasteiger partial charge in [-0.3, -0.25) is 0 Å². The molecule has 68 valence electrons. The maximum atomic E-state index is 6.22. The number of hydrogen-bond acceptors (Lipinski definition) is 3. The fourth-order valence-electron chi connectivity index (χ4n) is 2.12. The number of nitrogens with two attached hydrogens (primary N) is 1. The molecular weight excluding hydrogens is 168 g/mol. The fourth-order valence-corrected chi connectivity index (χ4v) is 2.92. The first-order valence-electron chi connectivity index (χ1n) is 4.71. The van der Waals surface area contributed by atoms with Crippen molar-refractivity contribution in [1.29, 1.82) is 0 Å². The first kappa shape index (κ1) is 8.60. The van der Waals surface area contributed by atoms with E-state index in [-0.39, 0.29) is 5.66 Å². The second-order valence-electron chi connectivity index (χ2n) is 3.79. The van der Waals surface area contributed by atoms with Gasteiger partial charge in [0.2, 0.25) is 0 Å². The highest BCUT2D eigenvalue weighted by molar-refractivity contribution is 8.00. The third-order valence-electron chi connectivity index (χ3n) is 2.93. The zero-order chi connectivity index (χ0) is 8.44. The Bertz CT molecular complexity index is 187. The van der Waals surface area contributed by atoms with E-state index in [4.69, 9.17) is 5.73 Å². The highest BCUT2D eigenvalue weighted by Crippen LogP contribution is 2.34. The molecule has 1 aliphatic carbocycles. The van der Waals surface area contributed by atoms with Gasteiger partial charge < -0.3 is 5.73 Å². The lowest BCUT2D eigenvalue weighted by molar-refractivity contribution is 0.243. The van der Waals surface area contributed by atoms with Gasteiger partial charge in [0.1, 0.15) is 0 Å². The van der Waals surface area contributed by atoms with Gasteiger partial charge in [-0.25, -0.2) is 4.72 Å². The molecule has 1 aliphatic heterocycles. The van der Waals surface area contributed by atoms with Crippen molar-refractivity contribution in [2.45, 2.75) is 37.8 Å². The van der Waals surface area contributed by atoms with Crippen molar-refractivity contribution < 1.29 is 0 Å². The summed E-state index contributed by atoms with van der Waals surface area (Å²) in [6.07, 6.45) is 8.79. The molecule has 0 aromatic heterocycles. The van der Waals surface area contributed by atoms with Crippen LogP contribution < -0.4 is 10.5 Å². The van der Waals surface area contributed by atoms with Gasteiger partial charge in [0.05, 0.1) is 5.66 Å². The van der Waals surface area contributed by atoms with E-state index >= 15 is 0 Å². The molecule has 12 heavy (non-hydrogen) atoms. The SMILES string of the molecule is NC1(C2CCCCC2)C=CSN1. The van der Waals surface area contributed by atoms with Gasteiger partial charge in [-0.15, -0.1) is 0 Å². The van der Waals surface area contributed by atoms with E-state index in [2.05, 4.69) is 16.2 Å². The number of hydrogen-bond donors (Lipinski definition) is 2. The van der Waals surface area contributed by atoms with Crippen LogP contribution in [0, 0.1) is 5.92 Å². The van der Waals surface area contributed by atoms with E-state index in [1.165, 1.54) is 32.1 Å². The van der Waals surface area contributed by atoms with Gasteiger partial charge in [-0.2, -0.15) is 0 Å². The second kappa shape index (κ2) is 3.40. The predicted molar refractivity (Wildman–Crippen MR) is 53.4 cm³/mol.